The van der Waals surface area contributed by atoms with Gasteiger partial charge in [-0.05, 0) is 26.0 Å². The lowest BCUT2D eigenvalue weighted by Gasteiger charge is -2.11. The van der Waals surface area contributed by atoms with Crippen LogP contribution in [0.5, 0.6) is 5.75 Å². The molecule has 1 aromatic carbocycles. The first-order valence-electron chi connectivity index (χ1n) is 4.85. The number of hydrogen-bond donors (Lipinski definition) is 0. The summed E-state index contributed by atoms with van der Waals surface area (Å²) in [6, 6.07) is 4.44. The zero-order valence-electron chi connectivity index (χ0n) is 9.27. The van der Waals surface area contributed by atoms with Crippen LogP contribution in [0.3, 0.4) is 0 Å². The van der Waals surface area contributed by atoms with E-state index in [4.69, 9.17) is 4.74 Å². The highest BCUT2D eigenvalue weighted by Crippen LogP contribution is 2.25. The number of ether oxygens (including phenoxy) is 1. The average Bonchev–Trinajstić information content (AvgIpc) is 2.20. The Bertz CT molecular complexity index is 446. The molecule has 0 radical (unpaired) electrons. The van der Waals surface area contributed by atoms with Crippen LogP contribution in [0.25, 0.3) is 6.08 Å². The van der Waals surface area contributed by atoms with Crippen LogP contribution in [-0.4, -0.2) is 11.0 Å². The Kier molecular flexibility index (Phi) is 3.86. The summed E-state index contributed by atoms with van der Waals surface area (Å²) in [6.45, 7) is 7.23. The summed E-state index contributed by atoms with van der Waals surface area (Å²) in [5, 5.41) is 10.6. The van der Waals surface area contributed by atoms with Crippen molar-refractivity contribution in [2.75, 3.05) is 0 Å². The van der Waals surface area contributed by atoms with E-state index in [0.717, 1.165) is 0 Å². The SMILES string of the molecule is C=C=Cc1cc([N+](=O)[O-])ccc1OC(C)C. The predicted molar refractivity (Wildman–Crippen MR) is 62.5 cm³/mol. The fraction of sp³-hybridized carbons (Fsp3) is 0.250. The maximum Gasteiger partial charge on any atom is 0.270 e. The molecule has 0 aromatic heterocycles. The summed E-state index contributed by atoms with van der Waals surface area (Å²) in [6.07, 6.45) is 1.57. The quantitative estimate of drug-likeness (QED) is 0.444. The van der Waals surface area contributed by atoms with E-state index in [2.05, 4.69) is 12.3 Å². The van der Waals surface area contributed by atoms with Gasteiger partial charge in [0.1, 0.15) is 5.75 Å². The summed E-state index contributed by atoms with van der Waals surface area (Å²) < 4.78 is 5.51. The highest BCUT2D eigenvalue weighted by atomic mass is 16.6. The van der Waals surface area contributed by atoms with Crippen molar-refractivity contribution in [3.63, 3.8) is 0 Å². The molecule has 84 valence electrons. The Hall–Kier alpha value is -2.06. The zero-order valence-corrected chi connectivity index (χ0v) is 9.27. The standard InChI is InChI=1S/C12H13NO3/c1-4-5-10-8-11(13(14)15)6-7-12(10)16-9(2)3/h5-9H,1H2,2-3H3. The van der Waals surface area contributed by atoms with Crippen LogP contribution in [0.15, 0.2) is 30.5 Å². The Morgan fingerprint density at radius 1 is 1.56 bits per heavy atom. The van der Waals surface area contributed by atoms with Gasteiger partial charge in [-0.2, -0.15) is 0 Å². The molecule has 0 spiro atoms. The second kappa shape index (κ2) is 5.14. The Morgan fingerprint density at radius 3 is 2.75 bits per heavy atom. The predicted octanol–water partition coefficient (Wildman–Crippen LogP) is 3.18. The summed E-state index contributed by atoms with van der Waals surface area (Å²) in [4.78, 5) is 10.2. The molecule has 16 heavy (non-hydrogen) atoms. The van der Waals surface area contributed by atoms with Crippen molar-refractivity contribution in [1.82, 2.24) is 0 Å². The van der Waals surface area contributed by atoms with Crippen molar-refractivity contribution in [2.45, 2.75) is 20.0 Å². The first-order chi connectivity index (χ1) is 7.54. The topological polar surface area (TPSA) is 52.4 Å². The van der Waals surface area contributed by atoms with E-state index in [1.807, 2.05) is 13.8 Å². The molecule has 0 fully saturated rings. The third kappa shape index (κ3) is 2.97. The molecular formula is C12H13NO3. The molecule has 0 aliphatic heterocycles. The van der Waals surface area contributed by atoms with Crippen molar-refractivity contribution < 1.29 is 9.66 Å². The minimum atomic E-state index is -0.445. The second-order valence-corrected chi connectivity index (χ2v) is 3.49. The molecule has 0 unspecified atom stereocenters. The highest BCUT2D eigenvalue weighted by molar-refractivity contribution is 5.60. The third-order valence-electron chi connectivity index (χ3n) is 1.82. The minimum absolute atomic E-state index is 0.0124. The molecular weight excluding hydrogens is 206 g/mol. The van der Waals surface area contributed by atoms with Crippen molar-refractivity contribution in [2.24, 2.45) is 0 Å². The number of nitrogens with zero attached hydrogens (tertiary/aromatic N) is 1. The van der Waals surface area contributed by atoms with Crippen molar-refractivity contribution in [3.8, 4) is 5.75 Å². The van der Waals surface area contributed by atoms with E-state index in [-0.39, 0.29) is 11.8 Å². The first kappa shape index (κ1) is 12.0. The van der Waals surface area contributed by atoms with Gasteiger partial charge in [0, 0.05) is 17.7 Å². The number of nitro groups is 1. The van der Waals surface area contributed by atoms with Crippen molar-refractivity contribution >= 4 is 11.8 Å². The number of non-ortho nitro benzene ring substituents is 1. The Labute approximate surface area is 94.0 Å². The van der Waals surface area contributed by atoms with Gasteiger partial charge >= 0.3 is 0 Å². The van der Waals surface area contributed by atoms with Gasteiger partial charge in [0.2, 0.25) is 0 Å². The number of hydrogen-bond acceptors (Lipinski definition) is 3. The van der Waals surface area contributed by atoms with Crippen LogP contribution in [0.2, 0.25) is 0 Å². The fourth-order valence-corrected chi connectivity index (χ4v) is 1.23. The van der Waals surface area contributed by atoms with Gasteiger partial charge < -0.3 is 4.74 Å². The molecule has 1 aromatic rings. The molecule has 0 heterocycles. The Balaban J connectivity index is 3.18. The molecule has 0 atom stereocenters. The smallest absolute Gasteiger partial charge is 0.270 e. The Morgan fingerprint density at radius 2 is 2.25 bits per heavy atom. The monoisotopic (exact) mass is 219 g/mol. The summed E-state index contributed by atoms with van der Waals surface area (Å²) >= 11 is 0. The molecule has 4 heteroatoms. The lowest BCUT2D eigenvalue weighted by atomic mass is 10.1. The minimum Gasteiger partial charge on any atom is -0.490 e. The maximum absolute atomic E-state index is 10.6. The molecule has 0 bridgehead atoms. The van der Waals surface area contributed by atoms with Crippen molar-refractivity contribution in [3.05, 3.63) is 46.2 Å². The van der Waals surface area contributed by atoms with Gasteiger partial charge in [0.15, 0.2) is 0 Å². The van der Waals surface area contributed by atoms with Crippen LogP contribution in [0, 0.1) is 10.1 Å². The van der Waals surface area contributed by atoms with Crippen LogP contribution in [-0.2, 0) is 0 Å². The normalized spacial score (nSPS) is 9.69. The maximum atomic E-state index is 10.6. The largest absolute Gasteiger partial charge is 0.490 e. The molecule has 0 N–H and O–H groups in total. The fourth-order valence-electron chi connectivity index (χ4n) is 1.23. The molecule has 0 aliphatic rings. The summed E-state index contributed by atoms with van der Waals surface area (Å²) in [5.74, 6) is 0.594. The molecule has 1 rings (SSSR count). The molecule has 0 saturated heterocycles. The lowest BCUT2D eigenvalue weighted by Crippen LogP contribution is -2.06. The van der Waals surface area contributed by atoms with Crippen LogP contribution < -0.4 is 4.74 Å². The van der Waals surface area contributed by atoms with Crippen molar-refractivity contribution in [1.29, 1.82) is 0 Å². The number of nitro benzene ring substituents is 1. The van der Waals surface area contributed by atoms with Gasteiger partial charge in [0.25, 0.3) is 5.69 Å². The third-order valence-corrected chi connectivity index (χ3v) is 1.82. The summed E-state index contributed by atoms with van der Waals surface area (Å²) in [7, 11) is 0. The zero-order chi connectivity index (χ0) is 12.1. The lowest BCUT2D eigenvalue weighted by molar-refractivity contribution is -0.384. The molecule has 0 saturated carbocycles. The summed E-state index contributed by atoms with van der Waals surface area (Å²) in [5.41, 5.74) is 3.22. The van der Waals surface area contributed by atoms with E-state index >= 15 is 0 Å². The van der Waals surface area contributed by atoms with E-state index in [1.54, 1.807) is 12.1 Å². The van der Waals surface area contributed by atoms with Crippen LogP contribution in [0.1, 0.15) is 19.4 Å². The van der Waals surface area contributed by atoms with E-state index in [1.165, 1.54) is 12.1 Å². The molecule has 0 amide bonds. The van der Waals surface area contributed by atoms with E-state index < -0.39 is 4.92 Å². The molecule has 0 aliphatic carbocycles. The van der Waals surface area contributed by atoms with E-state index in [9.17, 15) is 10.1 Å². The average molecular weight is 219 g/mol. The number of rotatable bonds is 4. The second-order valence-electron chi connectivity index (χ2n) is 3.49. The van der Waals surface area contributed by atoms with Gasteiger partial charge in [-0.3, -0.25) is 10.1 Å². The van der Waals surface area contributed by atoms with Crippen LogP contribution >= 0.6 is 0 Å². The first-order valence-corrected chi connectivity index (χ1v) is 4.85. The molecule has 4 nitrogen and oxygen atoms in total. The van der Waals surface area contributed by atoms with Gasteiger partial charge in [-0.15, -0.1) is 5.73 Å². The van der Waals surface area contributed by atoms with Crippen LogP contribution in [0.4, 0.5) is 5.69 Å². The van der Waals surface area contributed by atoms with Gasteiger partial charge in [0.05, 0.1) is 11.0 Å². The highest BCUT2D eigenvalue weighted by Gasteiger charge is 2.10. The van der Waals surface area contributed by atoms with Gasteiger partial charge in [-0.25, -0.2) is 0 Å². The van der Waals surface area contributed by atoms with E-state index in [0.29, 0.717) is 11.3 Å². The van der Waals surface area contributed by atoms with Gasteiger partial charge in [-0.1, -0.05) is 6.58 Å². The number of benzene rings is 1.